The van der Waals surface area contributed by atoms with Gasteiger partial charge in [0.2, 0.25) is 0 Å². The van der Waals surface area contributed by atoms with Gasteiger partial charge >= 0.3 is 92.2 Å². The van der Waals surface area contributed by atoms with E-state index < -0.39 is 18.1 Å². The molecule has 15 heavy (non-hydrogen) atoms. The molecule has 1 heterocycles. The molecule has 0 aliphatic rings. The third kappa shape index (κ3) is 2.79. The van der Waals surface area contributed by atoms with Gasteiger partial charge in [-0.25, -0.2) is 0 Å². The minimum atomic E-state index is -1.22. The first-order chi connectivity index (χ1) is 6.91. The van der Waals surface area contributed by atoms with Crippen molar-refractivity contribution < 1.29 is 35.8 Å². The average Bonchev–Trinajstić information content (AvgIpc) is 2.46. The number of nitrogens with zero attached hydrogens (tertiary/aromatic N) is 2. The predicted molar refractivity (Wildman–Crippen MR) is 44.6 cm³/mol. The summed E-state index contributed by atoms with van der Waals surface area (Å²) in [4.78, 5) is 24.8. The van der Waals surface area contributed by atoms with E-state index in [1.807, 2.05) is 0 Å². The number of aliphatic carboxylic acids is 1. The molecule has 0 spiro atoms. The van der Waals surface area contributed by atoms with Gasteiger partial charge in [0.05, 0.1) is 0 Å². The topological polar surface area (TPSA) is 118 Å². The Labute approximate surface area is 92.7 Å². The number of hydrogen-bond acceptors (Lipinski definition) is 4. The van der Waals surface area contributed by atoms with Crippen LogP contribution in [-0.2, 0) is 27.2 Å². The number of hydrogen-bond donors (Lipinski definition) is 3. The van der Waals surface area contributed by atoms with Crippen LogP contribution in [-0.4, -0.2) is 37.9 Å². The van der Waals surface area contributed by atoms with Crippen molar-refractivity contribution in [1.29, 1.82) is 0 Å². The summed E-state index contributed by atoms with van der Waals surface area (Å²) in [5.74, 6) is -1.16. The molecule has 83 valence electrons. The van der Waals surface area contributed by atoms with Gasteiger partial charge < -0.3 is 0 Å². The summed E-state index contributed by atoms with van der Waals surface area (Å²) in [6, 6.07) is -1.10. The SMILES string of the molecule is N[C@@H](Cc1cn(C(=O)O)[c]([Fe])n1)C(=O)O. The molecule has 4 N–H and O–H groups in total. The number of carboxylic acids is 1. The van der Waals surface area contributed by atoms with Crippen LogP contribution >= 0.6 is 0 Å². The summed E-state index contributed by atoms with van der Waals surface area (Å²) in [5, 5.41) is 17.2. The van der Waals surface area contributed by atoms with Crippen molar-refractivity contribution in [2.24, 2.45) is 5.73 Å². The van der Waals surface area contributed by atoms with E-state index in [1.54, 1.807) is 0 Å². The van der Waals surface area contributed by atoms with Gasteiger partial charge in [-0.2, -0.15) is 0 Å². The Morgan fingerprint density at radius 3 is 2.60 bits per heavy atom. The Bertz CT molecular complexity index is 403. The van der Waals surface area contributed by atoms with E-state index in [9.17, 15) is 9.59 Å². The second-order valence-electron chi connectivity index (χ2n) is 2.79. The standard InChI is InChI=1S/C7H8N3O4.Fe/c8-5(6(11)12)1-4-2-10(3-9-4)7(13)14;/h2,5H,1,8H2,(H,11,12)(H,13,14);/t5-;/m0./s1. The third-order valence-corrected chi connectivity index (χ3v) is 2.05. The van der Waals surface area contributed by atoms with Gasteiger partial charge in [0.1, 0.15) is 0 Å². The normalized spacial score (nSPS) is 12.4. The van der Waals surface area contributed by atoms with Crippen LogP contribution in [0.3, 0.4) is 0 Å². The second-order valence-corrected chi connectivity index (χ2v) is 3.29. The summed E-state index contributed by atoms with van der Waals surface area (Å²) in [6.07, 6.45) is -0.0475. The first-order valence-electron chi connectivity index (χ1n) is 3.86. The van der Waals surface area contributed by atoms with Crippen LogP contribution in [0.2, 0.25) is 0 Å². The van der Waals surface area contributed by atoms with Crippen molar-refractivity contribution >= 4 is 16.8 Å². The molecule has 7 nitrogen and oxygen atoms in total. The minimum absolute atomic E-state index is 0.0296. The number of rotatable bonds is 3. The third-order valence-electron chi connectivity index (χ3n) is 1.66. The van der Waals surface area contributed by atoms with Crippen LogP contribution in [0.25, 0.3) is 0 Å². The van der Waals surface area contributed by atoms with Gasteiger partial charge in [-0.05, 0) is 0 Å². The van der Waals surface area contributed by atoms with Crippen LogP contribution < -0.4 is 10.5 Å². The van der Waals surface area contributed by atoms with Crippen molar-refractivity contribution in [1.82, 2.24) is 9.55 Å². The molecule has 1 atom stereocenters. The molecule has 0 aliphatic carbocycles. The van der Waals surface area contributed by atoms with Gasteiger partial charge in [0, 0.05) is 0 Å². The quantitative estimate of drug-likeness (QED) is 0.567. The summed E-state index contributed by atoms with van der Waals surface area (Å²) in [5.41, 5.74) is 5.56. The summed E-state index contributed by atoms with van der Waals surface area (Å²) >= 11 is 3.40. The van der Waals surface area contributed by atoms with Gasteiger partial charge in [0.15, 0.2) is 0 Å². The second kappa shape index (κ2) is 4.43. The van der Waals surface area contributed by atoms with Gasteiger partial charge in [-0.1, -0.05) is 0 Å². The van der Waals surface area contributed by atoms with Crippen LogP contribution in [0, 0.1) is 0 Å². The van der Waals surface area contributed by atoms with Gasteiger partial charge in [-0.3, -0.25) is 0 Å². The van der Waals surface area contributed by atoms with Crippen molar-refractivity contribution in [3.8, 4) is 0 Å². The summed E-state index contributed by atoms with van der Waals surface area (Å²) in [7, 11) is 0. The molecule has 0 amide bonds. The molecule has 0 saturated carbocycles. The Hall–Kier alpha value is -1.37. The molecule has 0 bridgehead atoms. The van der Waals surface area contributed by atoms with E-state index >= 15 is 0 Å². The number of carboxylic acid groups (broad SMARTS) is 2. The molecule has 1 rings (SSSR count). The molecular formula is C7H8FeN3O4. The first kappa shape index (κ1) is 11.7. The first-order valence-corrected chi connectivity index (χ1v) is 4.41. The maximum atomic E-state index is 10.6. The monoisotopic (exact) mass is 254 g/mol. The Balaban J connectivity index is 2.84. The van der Waals surface area contributed by atoms with E-state index in [4.69, 9.17) is 15.9 Å². The van der Waals surface area contributed by atoms with Gasteiger partial charge in [0.25, 0.3) is 0 Å². The Morgan fingerprint density at radius 1 is 1.60 bits per heavy atom. The predicted octanol–water partition coefficient (Wildman–Crippen LogP) is -1.46. The van der Waals surface area contributed by atoms with E-state index in [0.717, 1.165) is 4.57 Å². The molecule has 0 saturated heterocycles. The fourth-order valence-electron chi connectivity index (χ4n) is 0.941. The van der Waals surface area contributed by atoms with Crippen LogP contribution in [0.15, 0.2) is 6.20 Å². The number of aromatic nitrogens is 2. The Kier molecular flexibility index (Phi) is 3.46. The van der Waals surface area contributed by atoms with Crippen LogP contribution in [0.4, 0.5) is 4.79 Å². The fourth-order valence-corrected chi connectivity index (χ4v) is 1.28. The molecular weight excluding hydrogens is 246 g/mol. The molecule has 0 unspecified atom stereocenters. The van der Waals surface area contributed by atoms with E-state index in [2.05, 4.69) is 21.0 Å². The molecule has 0 radical (unpaired) electrons. The fraction of sp³-hybridized carbons (Fsp3) is 0.286. The van der Waals surface area contributed by atoms with Gasteiger partial charge in [-0.15, -0.1) is 0 Å². The molecule has 0 fully saturated rings. The Morgan fingerprint density at radius 2 is 2.20 bits per heavy atom. The summed E-state index contributed by atoms with van der Waals surface area (Å²) < 4.78 is 0.847. The molecule has 0 aromatic carbocycles. The van der Waals surface area contributed by atoms with Crippen LogP contribution in [0.5, 0.6) is 0 Å². The average molecular weight is 254 g/mol. The zero-order valence-electron chi connectivity index (χ0n) is 7.40. The van der Waals surface area contributed by atoms with Crippen molar-refractivity contribution in [3.05, 3.63) is 11.9 Å². The summed E-state index contributed by atoms with van der Waals surface area (Å²) in [6.45, 7) is 0. The molecule has 1 aromatic rings. The molecule has 1 aromatic heterocycles. The van der Waals surface area contributed by atoms with Crippen molar-refractivity contribution in [3.63, 3.8) is 0 Å². The number of nitrogens with two attached hydrogens (primary N) is 1. The number of imidazole rings is 1. The zero-order valence-corrected chi connectivity index (χ0v) is 8.50. The van der Waals surface area contributed by atoms with E-state index in [0.29, 0.717) is 0 Å². The van der Waals surface area contributed by atoms with E-state index in [-0.39, 0.29) is 16.8 Å². The molecule has 0 aliphatic heterocycles. The van der Waals surface area contributed by atoms with Crippen molar-refractivity contribution in [2.75, 3.05) is 0 Å². The van der Waals surface area contributed by atoms with Crippen molar-refractivity contribution in [2.45, 2.75) is 12.5 Å². The van der Waals surface area contributed by atoms with Crippen LogP contribution in [0.1, 0.15) is 5.69 Å². The zero-order chi connectivity index (χ0) is 11.6. The molecule has 8 heteroatoms. The number of carbonyl (C=O) groups is 2. The maximum absolute atomic E-state index is 10.6. The van der Waals surface area contributed by atoms with E-state index in [1.165, 1.54) is 6.20 Å².